The largest absolute Gasteiger partial charge is 0.481 e. The third-order valence-electron chi connectivity index (χ3n) is 2.83. The second kappa shape index (κ2) is 6.40. The Labute approximate surface area is 103 Å². The lowest BCUT2D eigenvalue weighted by Crippen LogP contribution is -2.15. The van der Waals surface area contributed by atoms with Gasteiger partial charge >= 0.3 is 5.97 Å². The molecule has 0 saturated heterocycles. The first kappa shape index (κ1) is 13.7. The first-order valence-electron chi connectivity index (χ1n) is 5.94. The van der Waals surface area contributed by atoms with E-state index in [-0.39, 0.29) is 5.92 Å². The maximum absolute atomic E-state index is 10.7. The van der Waals surface area contributed by atoms with Gasteiger partial charge < -0.3 is 10.0 Å². The zero-order valence-corrected chi connectivity index (χ0v) is 10.8. The number of carboxylic acids is 1. The van der Waals surface area contributed by atoms with Gasteiger partial charge in [-0.05, 0) is 38.1 Å². The minimum absolute atomic E-state index is 0.317. The molecule has 0 radical (unpaired) electrons. The molecule has 0 fully saturated rings. The lowest BCUT2D eigenvalue weighted by atomic mass is 10.00. The summed E-state index contributed by atoms with van der Waals surface area (Å²) in [6.07, 6.45) is 1.63. The number of aliphatic carboxylic acids is 1. The monoisotopic (exact) mass is 235 g/mol. The molecule has 0 aliphatic carbocycles. The molecule has 0 saturated carbocycles. The van der Waals surface area contributed by atoms with Crippen LogP contribution in [0.1, 0.15) is 18.1 Å². The number of nitrogens with zero attached hydrogens (tertiary/aromatic N) is 1. The fraction of sp³-hybridized carbons (Fsp3) is 0.500. The first-order chi connectivity index (χ1) is 7.99. The number of likely N-dealkylation sites (N-methyl/N-ethyl adjacent to an activating group) is 1. The quantitative estimate of drug-likeness (QED) is 0.820. The van der Waals surface area contributed by atoms with Crippen LogP contribution in [-0.2, 0) is 17.6 Å². The molecule has 1 aromatic carbocycles. The molecule has 94 valence electrons. The Morgan fingerprint density at radius 2 is 1.76 bits per heavy atom. The van der Waals surface area contributed by atoms with Crippen LogP contribution >= 0.6 is 0 Å². The Hall–Kier alpha value is -1.35. The van der Waals surface area contributed by atoms with Gasteiger partial charge in [-0.15, -0.1) is 0 Å². The van der Waals surface area contributed by atoms with Crippen molar-refractivity contribution < 1.29 is 9.90 Å². The van der Waals surface area contributed by atoms with Crippen molar-refractivity contribution in [2.45, 2.75) is 19.8 Å². The standard InChI is InChI=1S/C14H21NO2/c1-11(14(16)17)10-13-6-4-12(5-7-13)8-9-15(2)3/h4-7,11H,8-10H2,1-3H3,(H,16,17). The van der Waals surface area contributed by atoms with Gasteiger partial charge in [0.1, 0.15) is 0 Å². The van der Waals surface area contributed by atoms with Crippen molar-refractivity contribution in [3.8, 4) is 0 Å². The zero-order valence-electron chi connectivity index (χ0n) is 10.8. The Balaban J connectivity index is 2.53. The van der Waals surface area contributed by atoms with E-state index in [0.717, 1.165) is 18.5 Å². The molecule has 1 aromatic rings. The van der Waals surface area contributed by atoms with Crippen LogP contribution in [0.3, 0.4) is 0 Å². The van der Waals surface area contributed by atoms with E-state index in [9.17, 15) is 4.79 Å². The Morgan fingerprint density at radius 1 is 1.24 bits per heavy atom. The highest BCUT2D eigenvalue weighted by Gasteiger charge is 2.11. The van der Waals surface area contributed by atoms with Crippen LogP contribution in [0.25, 0.3) is 0 Å². The predicted molar refractivity (Wildman–Crippen MR) is 69.2 cm³/mol. The molecule has 1 rings (SSSR count). The zero-order chi connectivity index (χ0) is 12.8. The molecule has 0 spiro atoms. The molecule has 3 nitrogen and oxygen atoms in total. The Kier molecular flexibility index (Phi) is 5.16. The maximum atomic E-state index is 10.7. The molecule has 0 heterocycles. The minimum Gasteiger partial charge on any atom is -0.481 e. The van der Waals surface area contributed by atoms with Gasteiger partial charge in [0.15, 0.2) is 0 Å². The van der Waals surface area contributed by atoms with Crippen LogP contribution in [0.5, 0.6) is 0 Å². The summed E-state index contributed by atoms with van der Waals surface area (Å²) < 4.78 is 0. The lowest BCUT2D eigenvalue weighted by Gasteiger charge is -2.10. The van der Waals surface area contributed by atoms with E-state index in [4.69, 9.17) is 5.11 Å². The summed E-state index contributed by atoms with van der Waals surface area (Å²) >= 11 is 0. The predicted octanol–water partition coefficient (Wildman–Crippen LogP) is 2.05. The summed E-state index contributed by atoms with van der Waals surface area (Å²) in [4.78, 5) is 12.9. The molecule has 0 aliphatic heterocycles. The maximum Gasteiger partial charge on any atom is 0.306 e. The molecule has 1 atom stereocenters. The van der Waals surface area contributed by atoms with Crippen molar-refractivity contribution >= 4 is 5.97 Å². The van der Waals surface area contributed by atoms with Gasteiger partial charge in [-0.2, -0.15) is 0 Å². The molecular weight excluding hydrogens is 214 g/mol. The molecule has 0 bridgehead atoms. The second-order valence-electron chi connectivity index (χ2n) is 4.81. The number of hydrogen-bond donors (Lipinski definition) is 1. The summed E-state index contributed by atoms with van der Waals surface area (Å²) in [7, 11) is 4.12. The third-order valence-corrected chi connectivity index (χ3v) is 2.83. The number of benzene rings is 1. The van der Waals surface area contributed by atoms with Crippen molar-refractivity contribution in [1.29, 1.82) is 0 Å². The summed E-state index contributed by atoms with van der Waals surface area (Å²) in [6, 6.07) is 8.25. The average Bonchev–Trinajstić information content (AvgIpc) is 2.28. The summed E-state index contributed by atoms with van der Waals surface area (Å²) in [5, 5.41) is 8.84. The average molecular weight is 235 g/mol. The van der Waals surface area contributed by atoms with E-state index in [1.165, 1.54) is 5.56 Å². The summed E-state index contributed by atoms with van der Waals surface area (Å²) in [5.41, 5.74) is 2.39. The van der Waals surface area contributed by atoms with Gasteiger partial charge in [0.25, 0.3) is 0 Å². The first-order valence-corrected chi connectivity index (χ1v) is 5.94. The summed E-state index contributed by atoms with van der Waals surface area (Å²) in [6.45, 7) is 2.77. The van der Waals surface area contributed by atoms with E-state index in [1.807, 2.05) is 12.1 Å². The van der Waals surface area contributed by atoms with Crippen LogP contribution in [0.15, 0.2) is 24.3 Å². The molecule has 3 heteroatoms. The van der Waals surface area contributed by atoms with Gasteiger partial charge in [-0.1, -0.05) is 31.2 Å². The fourth-order valence-corrected chi connectivity index (χ4v) is 1.64. The van der Waals surface area contributed by atoms with Crippen molar-refractivity contribution in [3.63, 3.8) is 0 Å². The van der Waals surface area contributed by atoms with Crippen LogP contribution in [0.4, 0.5) is 0 Å². The number of rotatable bonds is 6. The highest BCUT2D eigenvalue weighted by atomic mass is 16.4. The van der Waals surface area contributed by atoms with E-state index in [0.29, 0.717) is 6.42 Å². The fourth-order valence-electron chi connectivity index (χ4n) is 1.64. The van der Waals surface area contributed by atoms with Gasteiger partial charge in [0, 0.05) is 6.54 Å². The summed E-state index contributed by atoms with van der Waals surface area (Å²) in [5.74, 6) is -1.05. The third kappa shape index (κ3) is 5.00. The highest BCUT2D eigenvalue weighted by Crippen LogP contribution is 2.11. The van der Waals surface area contributed by atoms with Crippen molar-refractivity contribution in [1.82, 2.24) is 4.90 Å². The van der Waals surface area contributed by atoms with Crippen LogP contribution in [-0.4, -0.2) is 36.6 Å². The van der Waals surface area contributed by atoms with Crippen LogP contribution < -0.4 is 0 Å². The SMILES string of the molecule is CC(Cc1ccc(CCN(C)C)cc1)C(=O)O. The van der Waals surface area contributed by atoms with Gasteiger partial charge in [-0.25, -0.2) is 0 Å². The lowest BCUT2D eigenvalue weighted by molar-refractivity contribution is -0.141. The van der Waals surface area contributed by atoms with E-state index in [1.54, 1.807) is 6.92 Å². The van der Waals surface area contributed by atoms with E-state index >= 15 is 0 Å². The molecule has 0 amide bonds. The Morgan fingerprint density at radius 3 is 2.24 bits per heavy atom. The van der Waals surface area contributed by atoms with Gasteiger partial charge in [-0.3, -0.25) is 4.79 Å². The van der Waals surface area contributed by atoms with Gasteiger partial charge in [0.05, 0.1) is 5.92 Å². The van der Waals surface area contributed by atoms with E-state index < -0.39 is 5.97 Å². The molecular formula is C14H21NO2. The smallest absolute Gasteiger partial charge is 0.306 e. The molecule has 0 aromatic heterocycles. The second-order valence-corrected chi connectivity index (χ2v) is 4.81. The van der Waals surface area contributed by atoms with Crippen LogP contribution in [0, 0.1) is 5.92 Å². The molecule has 1 N–H and O–H groups in total. The van der Waals surface area contributed by atoms with E-state index in [2.05, 4.69) is 31.1 Å². The highest BCUT2D eigenvalue weighted by molar-refractivity contribution is 5.69. The number of carboxylic acid groups (broad SMARTS) is 1. The number of carbonyl (C=O) groups is 1. The molecule has 0 aliphatic rings. The molecule has 1 unspecified atom stereocenters. The van der Waals surface area contributed by atoms with Gasteiger partial charge in [0.2, 0.25) is 0 Å². The topological polar surface area (TPSA) is 40.5 Å². The number of hydrogen-bond acceptors (Lipinski definition) is 2. The molecule has 17 heavy (non-hydrogen) atoms. The minimum atomic E-state index is -0.735. The van der Waals surface area contributed by atoms with Crippen molar-refractivity contribution in [3.05, 3.63) is 35.4 Å². The van der Waals surface area contributed by atoms with Crippen LogP contribution in [0.2, 0.25) is 0 Å². The van der Waals surface area contributed by atoms with Crippen molar-refractivity contribution in [2.75, 3.05) is 20.6 Å². The normalized spacial score (nSPS) is 12.7. The Bertz CT molecular complexity index is 357. The van der Waals surface area contributed by atoms with Crippen molar-refractivity contribution in [2.24, 2.45) is 5.92 Å².